The van der Waals surface area contributed by atoms with Gasteiger partial charge in [0.15, 0.2) is 0 Å². The zero-order chi connectivity index (χ0) is 49.7. The monoisotopic (exact) mass is 975 g/mol. The van der Waals surface area contributed by atoms with Gasteiger partial charge in [0.25, 0.3) is 17.4 Å². The Morgan fingerprint density at radius 3 is 2.50 bits per heavy atom. The summed E-state index contributed by atoms with van der Waals surface area (Å²) in [5, 5.41) is 16.5. The number of aliphatic hydroxyl groups is 1. The third-order valence-electron chi connectivity index (χ3n) is 16.4. The van der Waals surface area contributed by atoms with Gasteiger partial charge in [-0.1, -0.05) is 13.8 Å². The minimum atomic E-state index is -0.646. The zero-order valence-corrected chi connectivity index (χ0v) is 41.3. The van der Waals surface area contributed by atoms with Gasteiger partial charge in [0.1, 0.15) is 41.4 Å². The minimum Gasteiger partial charge on any atom is -0.492 e. The summed E-state index contributed by atoms with van der Waals surface area (Å²) >= 11 is 0. The molecule has 18 heteroatoms. The molecule has 3 fully saturated rings. The quantitative estimate of drug-likeness (QED) is 0.186. The van der Waals surface area contributed by atoms with Crippen LogP contribution in [0.4, 0.5) is 23.0 Å². The summed E-state index contributed by atoms with van der Waals surface area (Å²) in [4.78, 5) is 85.7. The number of amides is 4. The van der Waals surface area contributed by atoms with Gasteiger partial charge in [0.05, 0.1) is 18.5 Å². The first-order valence-electron chi connectivity index (χ1n) is 25.4. The molecule has 374 valence electrons. The number of imide groups is 1. The van der Waals surface area contributed by atoms with E-state index in [0.29, 0.717) is 84.0 Å². The van der Waals surface area contributed by atoms with E-state index in [2.05, 4.69) is 61.7 Å². The highest BCUT2D eigenvalue weighted by molar-refractivity contribution is 6.07. The molecule has 3 N–H and O–H groups in total. The number of fused-ring (bicyclic) bond motifs is 6. The number of piperidine rings is 2. The predicted octanol–water partition coefficient (Wildman–Crippen LogP) is 4.36. The van der Waals surface area contributed by atoms with E-state index < -0.39 is 11.9 Å². The Labute approximate surface area is 417 Å². The molecule has 1 unspecified atom stereocenters. The summed E-state index contributed by atoms with van der Waals surface area (Å²) in [6.45, 7) is 12.8. The average molecular weight is 976 g/mol. The molecular weight excluding hydrogens is 915 g/mol. The Bertz CT molecular complexity index is 3130. The van der Waals surface area contributed by atoms with E-state index in [9.17, 15) is 29.1 Å². The lowest BCUT2D eigenvalue weighted by Crippen LogP contribution is -2.58. The van der Waals surface area contributed by atoms with E-state index >= 15 is 0 Å². The number of aromatic nitrogens is 4. The maximum absolute atomic E-state index is 14.0. The van der Waals surface area contributed by atoms with Crippen molar-refractivity contribution in [2.24, 2.45) is 12.5 Å². The smallest absolute Gasteiger partial charge is 0.276 e. The highest BCUT2D eigenvalue weighted by atomic mass is 16.5. The van der Waals surface area contributed by atoms with Crippen molar-refractivity contribution in [3.63, 3.8) is 0 Å². The van der Waals surface area contributed by atoms with Crippen LogP contribution in [0.25, 0.3) is 11.1 Å². The van der Waals surface area contributed by atoms with Crippen molar-refractivity contribution < 1.29 is 29.0 Å². The Morgan fingerprint density at radius 2 is 1.71 bits per heavy atom. The van der Waals surface area contributed by atoms with Gasteiger partial charge < -0.3 is 34.1 Å². The lowest BCUT2D eigenvalue weighted by Gasteiger charge is -2.48. The lowest BCUT2D eigenvalue weighted by molar-refractivity contribution is -0.136. The number of benzene rings is 1. The summed E-state index contributed by atoms with van der Waals surface area (Å²) in [6.07, 6.45) is 9.73. The number of carbonyl (C=O) groups excluding carboxylic acids is 4. The molecule has 4 atom stereocenters. The average Bonchev–Trinajstić information content (AvgIpc) is 3.92. The van der Waals surface area contributed by atoms with Crippen molar-refractivity contribution in [1.82, 2.24) is 39.1 Å². The number of anilines is 4. The molecule has 0 bridgehead atoms. The molecule has 0 radical (unpaired) electrons. The zero-order valence-electron chi connectivity index (χ0n) is 41.3. The Hall–Kier alpha value is -6.89. The van der Waals surface area contributed by atoms with E-state index in [0.717, 1.165) is 81.0 Å². The molecule has 6 aliphatic heterocycles. The summed E-state index contributed by atoms with van der Waals surface area (Å²) in [5.74, 6) is 0.657. The van der Waals surface area contributed by atoms with Crippen molar-refractivity contribution in [2.75, 3.05) is 54.4 Å². The number of carbonyl (C=O) groups is 4. The third kappa shape index (κ3) is 8.03. The normalized spacial score (nSPS) is 24.0. The molecule has 1 aromatic carbocycles. The van der Waals surface area contributed by atoms with Crippen LogP contribution in [-0.4, -0.2) is 126 Å². The first-order valence-corrected chi connectivity index (χ1v) is 25.4. The highest BCUT2D eigenvalue weighted by Gasteiger charge is 2.42. The summed E-state index contributed by atoms with van der Waals surface area (Å²) in [6, 6.07) is 13.8. The number of rotatable bonds is 8. The molecule has 4 aromatic heterocycles. The van der Waals surface area contributed by atoms with Gasteiger partial charge in [-0.05, 0) is 104 Å². The van der Waals surface area contributed by atoms with Gasteiger partial charge >= 0.3 is 0 Å². The summed E-state index contributed by atoms with van der Waals surface area (Å²) < 4.78 is 10.1. The molecular formula is C54H61N11O7. The van der Waals surface area contributed by atoms with Crippen LogP contribution in [0.2, 0.25) is 0 Å². The molecule has 10 heterocycles. The summed E-state index contributed by atoms with van der Waals surface area (Å²) in [5.41, 5.74) is 8.85. The molecule has 0 spiro atoms. The minimum absolute atomic E-state index is 0.130. The van der Waals surface area contributed by atoms with E-state index in [1.165, 1.54) is 15.8 Å². The third-order valence-corrected chi connectivity index (χ3v) is 16.4. The van der Waals surface area contributed by atoms with Crippen molar-refractivity contribution in [1.29, 1.82) is 0 Å². The van der Waals surface area contributed by atoms with Gasteiger partial charge in [-0.25, -0.2) is 9.97 Å². The number of aliphatic hydroxyl groups excluding tert-OH is 1. The van der Waals surface area contributed by atoms with Crippen LogP contribution < -0.4 is 30.7 Å². The molecule has 4 amide bonds. The lowest BCUT2D eigenvalue weighted by atomic mass is 9.90. The second-order valence-corrected chi connectivity index (χ2v) is 21.7. The van der Waals surface area contributed by atoms with Crippen molar-refractivity contribution in [3.05, 3.63) is 111 Å². The van der Waals surface area contributed by atoms with Crippen LogP contribution in [-0.2, 0) is 55.7 Å². The molecule has 1 aliphatic carbocycles. The summed E-state index contributed by atoms with van der Waals surface area (Å²) in [7, 11) is 1.70. The standard InChI is InChI=1S/C54H61N11O7/c1-31-25-61(36-10-12-60-27-35-17-33-28-65(43-6-8-48(67)58-50(43)68)51(69)40(33)21-46(35)72-30-38(60)20-36)13-14-62(31)37-5-7-47(56-24-37)57-42-18-34(26-59(4)52(42)70)39-9-11-55-49(41(39)29-66)64-16-15-63-44(53(64)71)19-32-22-54(2,3)23-45(32)63/h5,7,9,11,17-19,21,24,26,31,36,38,43,66H,6,8,10,12-16,20,22-23,25,27-30H2,1-4H3,(H,56,57)(H,58,67,68)/t31-,36+,38-,43?/m0/s1. The number of hydrogen-bond donors (Lipinski definition) is 3. The number of nitrogens with one attached hydrogen (secondary N) is 2. The van der Waals surface area contributed by atoms with Crippen LogP contribution >= 0.6 is 0 Å². The number of hydrogen-bond acceptors (Lipinski definition) is 13. The molecule has 3 saturated heterocycles. The van der Waals surface area contributed by atoms with Crippen molar-refractivity contribution >= 4 is 46.6 Å². The van der Waals surface area contributed by atoms with E-state index in [1.54, 1.807) is 35.3 Å². The number of pyridine rings is 3. The topological polar surface area (TPSA) is 191 Å². The van der Waals surface area contributed by atoms with E-state index in [-0.39, 0.29) is 53.8 Å². The predicted molar refractivity (Wildman–Crippen MR) is 269 cm³/mol. The number of aryl methyl sites for hydroxylation is 1. The van der Waals surface area contributed by atoms with Crippen LogP contribution in [0.3, 0.4) is 0 Å². The SMILES string of the molecule is C[C@H]1CN([C@@H]2CCN3Cc4cc5c(cc4OC[C@@H]3C2)C(=O)N(C2CCC(=O)NC2=O)C5)CCN1c1ccc(Nc2cc(-c3ccnc(N4CCn5c(cc6c5CC(C)(C)C6)C4=O)c3CO)cn(C)c2=O)nc1. The van der Waals surface area contributed by atoms with Crippen molar-refractivity contribution in [2.45, 2.75) is 110 Å². The van der Waals surface area contributed by atoms with Crippen LogP contribution in [0.15, 0.2) is 65.8 Å². The van der Waals surface area contributed by atoms with Gasteiger partial charge in [0.2, 0.25) is 11.8 Å². The fraction of sp³-hybridized carbons (Fsp3) is 0.463. The van der Waals surface area contributed by atoms with Crippen molar-refractivity contribution in [3.8, 4) is 16.9 Å². The molecule has 72 heavy (non-hydrogen) atoms. The van der Waals surface area contributed by atoms with Gasteiger partial charge in [-0.3, -0.25) is 44.0 Å². The van der Waals surface area contributed by atoms with Gasteiger partial charge in [-0.2, -0.15) is 0 Å². The van der Waals surface area contributed by atoms with E-state index in [1.807, 2.05) is 36.5 Å². The Kier molecular flexibility index (Phi) is 11.4. The molecule has 7 aliphatic rings. The highest BCUT2D eigenvalue weighted by Crippen LogP contribution is 2.41. The molecule has 12 rings (SSSR count). The number of ether oxygens (including phenoxy) is 1. The van der Waals surface area contributed by atoms with Gasteiger partial charge in [0, 0.05) is 124 Å². The molecule has 0 saturated carbocycles. The number of nitrogens with zero attached hydrogens (tertiary/aromatic N) is 9. The first-order chi connectivity index (χ1) is 34.7. The van der Waals surface area contributed by atoms with Gasteiger partial charge in [-0.15, -0.1) is 0 Å². The second-order valence-electron chi connectivity index (χ2n) is 21.7. The Balaban J connectivity index is 0.679. The van der Waals surface area contributed by atoms with E-state index in [4.69, 9.17) is 9.72 Å². The fourth-order valence-corrected chi connectivity index (χ4v) is 12.8. The first kappa shape index (κ1) is 46.2. The molecule has 5 aromatic rings. The largest absolute Gasteiger partial charge is 0.492 e. The van der Waals surface area contributed by atoms with Crippen LogP contribution in [0.5, 0.6) is 5.75 Å². The van der Waals surface area contributed by atoms with Crippen LogP contribution in [0.1, 0.15) is 95.2 Å². The number of piperazine rings is 1. The maximum Gasteiger partial charge on any atom is 0.276 e. The maximum atomic E-state index is 14.0. The Morgan fingerprint density at radius 1 is 0.847 bits per heavy atom. The van der Waals surface area contributed by atoms with Crippen LogP contribution in [0, 0.1) is 5.41 Å². The second kappa shape index (κ2) is 17.7. The molecule has 18 nitrogen and oxygen atoms in total. The fourth-order valence-electron chi connectivity index (χ4n) is 12.8.